The van der Waals surface area contributed by atoms with Crippen LogP contribution in [0.15, 0.2) is 59.9 Å². The van der Waals surface area contributed by atoms with Crippen molar-refractivity contribution in [1.29, 1.82) is 0 Å². The van der Waals surface area contributed by atoms with E-state index < -0.39 is 12.1 Å². The van der Waals surface area contributed by atoms with E-state index in [1.807, 2.05) is 16.4 Å². The van der Waals surface area contributed by atoms with Gasteiger partial charge >= 0.3 is 5.97 Å². The maximum atomic E-state index is 14.2. The van der Waals surface area contributed by atoms with E-state index in [1.165, 1.54) is 36.4 Å². The smallest absolute Gasteiger partial charge is 0.339 e. The Bertz CT molecular complexity index is 1090. The van der Waals surface area contributed by atoms with Gasteiger partial charge in [-0.15, -0.1) is 0 Å². The number of alkyl halides is 1. The summed E-state index contributed by atoms with van der Waals surface area (Å²) in [4.78, 5) is 21.0. The first-order chi connectivity index (χ1) is 16.0. The molecular formula is C25H26FN3O3S. The lowest BCUT2D eigenvalue weighted by molar-refractivity contribution is 0.0600. The molecule has 0 saturated carbocycles. The second-order valence-corrected chi connectivity index (χ2v) is 8.98. The quantitative estimate of drug-likeness (QED) is 0.316. The van der Waals surface area contributed by atoms with Crippen LogP contribution in [0.25, 0.3) is 0 Å². The van der Waals surface area contributed by atoms with Crippen LogP contribution in [-0.4, -0.2) is 35.8 Å². The molecule has 1 aliphatic rings. The zero-order valence-electron chi connectivity index (χ0n) is 18.7. The SMILES string of the molecule is COC(=O)c1ccc(COc2cc3c(cc2N(CC(C)F)Sc2cccnc2)CCC3)nc1. The summed E-state index contributed by atoms with van der Waals surface area (Å²) in [6, 6.07) is 11.4. The number of methoxy groups -OCH3 is 1. The van der Waals surface area contributed by atoms with Gasteiger partial charge in [-0.25, -0.2) is 9.18 Å². The zero-order valence-corrected chi connectivity index (χ0v) is 19.5. The van der Waals surface area contributed by atoms with Crippen molar-refractivity contribution >= 4 is 23.6 Å². The van der Waals surface area contributed by atoms with E-state index in [4.69, 9.17) is 9.47 Å². The van der Waals surface area contributed by atoms with Crippen LogP contribution in [0.3, 0.4) is 0 Å². The molecule has 0 fully saturated rings. The molecule has 6 nitrogen and oxygen atoms in total. The lowest BCUT2D eigenvalue weighted by Gasteiger charge is -2.27. The number of rotatable bonds is 9. The first-order valence-electron chi connectivity index (χ1n) is 10.8. The molecule has 0 N–H and O–H groups in total. The molecule has 0 amide bonds. The van der Waals surface area contributed by atoms with Crippen molar-refractivity contribution in [1.82, 2.24) is 9.97 Å². The topological polar surface area (TPSA) is 64.6 Å². The fourth-order valence-corrected chi connectivity index (χ4v) is 4.76. The number of hydrogen-bond donors (Lipinski definition) is 0. The number of carbonyl (C=O) groups is 1. The van der Waals surface area contributed by atoms with Crippen LogP contribution in [0.5, 0.6) is 5.75 Å². The van der Waals surface area contributed by atoms with E-state index in [-0.39, 0.29) is 13.2 Å². The van der Waals surface area contributed by atoms with Crippen molar-refractivity contribution in [3.8, 4) is 5.75 Å². The van der Waals surface area contributed by atoms with Gasteiger partial charge in [0.1, 0.15) is 18.5 Å². The van der Waals surface area contributed by atoms with Gasteiger partial charge in [-0.1, -0.05) is 0 Å². The summed E-state index contributed by atoms with van der Waals surface area (Å²) in [5.74, 6) is 0.255. The number of pyridine rings is 2. The second kappa shape index (κ2) is 10.7. The Hall–Kier alpha value is -3.13. The number of carbonyl (C=O) groups excluding carboxylic acids is 1. The highest BCUT2D eigenvalue weighted by molar-refractivity contribution is 8.00. The van der Waals surface area contributed by atoms with Crippen molar-refractivity contribution in [3.63, 3.8) is 0 Å². The molecular weight excluding hydrogens is 441 g/mol. The van der Waals surface area contributed by atoms with E-state index in [1.54, 1.807) is 31.5 Å². The second-order valence-electron chi connectivity index (χ2n) is 7.88. The maximum absolute atomic E-state index is 14.2. The van der Waals surface area contributed by atoms with Crippen LogP contribution < -0.4 is 9.04 Å². The average molecular weight is 468 g/mol. The van der Waals surface area contributed by atoms with Gasteiger partial charge in [0.15, 0.2) is 0 Å². The van der Waals surface area contributed by atoms with Crippen LogP contribution in [0.1, 0.15) is 40.5 Å². The van der Waals surface area contributed by atoms with Crippen molar-refractivity contribution in [3.05, 3.63) is 77.4 Å². The predicted octanol–water partition coefficient (Wildman–Crippen LogP) is 5.20. The Kier molecular flexibility index (Phi) is 7.44. The highest BCUT2D eigenvalue weighted by Gasteiger charge is 2.22. The minimum absolute atomic E-state index is 0.209. The number of esters is 1. The van der Waals surface area contributed by atoms with Gasteiger partial charge in [0, 0.05) is 23.5 Å². The number of aromatic nitrogens is 2. The number of hydrogen-bond acceptors (Lipinski definition) is 7. The first-order valence-corrected chi connectivity index (χ1v) is 11.6. The van der Waals surface area contributed by atoms with Crippen molar-refractivity contribution in [2.75, 3.05) is 18.0 Å². The molecule has 1 atom stereocenters. The Balaban J connectivity index is 1.60. The number of benzene rings is 1. The number of halogens is 1. The number of nitrogens with zero attached hydrogens (tertiary/aromatic N) is 3. The third-order valence-electron chi connectivity index (χ3n) is 5.33. The van der Waals surface area contributed by atoms with Gasteiger partial charge in [0.2, 0.25) is 0 Å². The third kappa shape index (κ3) is 5.82. The fourth-order valence-electron chi connectivity index (χ4n) is 3.74. The normalized spacial score (nSPS) is 13.3. The van der Waals surface area contributed by atoms with E-state index in [0.717, 1.165) is 29.8 Å². The van der Waals surface area contributed by atoms with Gasteiger partial charge in [0.25, 0.3) is 0 Å². The molecule has 0 bridgehead atoms. The highest BCUT2D eigenvalue weighted by Crippen LogP contribution is 2.40. The summed E-state index contributed by atoms with van der Waals surface area (Å²) in [5, 5.41) is 0. The number of aryl methyl sites for hydroxylation is 2. The van der Waals surface area contributed by atoms with Crippen LogP contribution in [-0.2, 0) is 24.2 Å². The Labute approximate surface area is 197 Å². The molecule has 0 aliphatic heterocycles. The molecule has 33 heavy (non-hydrogen) atoms. The standard InChI is InChI=1S/C25H26FN3O3S/c1-17(26)15-29(33-22-7-4-10-27-14-22)23-11-18-5-3-6-19(18)12-24(23)32-16-21-9-8-20(13-28-21)25(30)31-2/h4,7-14,17H,3,5-6,15-16H2,1-2H3. The zero-order chi connectivity index (χ0) is 23.2. The maximum Gasteiger partial charge on any atom is 0.339 e. The number of fused-ring (bicyclic) bond motifs is 1. The largest absolute Gasteiger partial charge is 0.485 e. The molecule has 2 aromatic heterocycles. The molecule has 8 heteroatoms. The minimum atomic E-state index is -1.03. The molecule has 0 saturated heterocycles. The van der Waals surface area contributed by atoms with Gasteiger partial charge in [0.05, 0.1) is 30.6 Å². The van der Waals surface area contributed by atoms with Gasteiger partial charge in [-0.2, -0.15) is 0 Å². The predicted molar refractivity (Wildman–Crippen MR) is 126 cm³/mol. The Morgan fingerprint density at radius 2 is 2.03 bits per heavy atom. The monoisotopic (exact) mass is 467 g/mol. The highest BCUT2D eigenvalue weighted by atomic mass is 32.2. The van der Waals surface area contributed by atoms with E-state index in [9.17, 15) is 9.18 Å². The van der Waals surface area contributed by atoms with Crippen LogP contribution in [0.4, 0.5) is 10.1 Å². The van der Waals surface area contributed by atoms with Gasteiger partial charge in [-0.05, 0) is 85.7 Å². The fraction of sp³-hybridized carbons (Fsp3) is 0.320. The van der Waals surface area contributed by atoms with Crippen LogP contribution in [0.2, 0.25) is 0 Å². The van der Waals surface area contributed by atoms with Crippen LogP contribution >= 0.6 is 11.9 Å². The van der Waals surface area contributed by atoms with Crippen molar-refractivity contribution < 1.29 is 18.7 Å². The molecule has 4 rings (SSSR count). The molecule has 1 unspecified atom stereocenters. The summed E-state index contributed by atoms with van der Waals surface area (Å²) in [7, 11) is 1.34. The van der Waals surface area contributed by atoms with Crippen LogP contribution in [0, 0.1) is 0 Å². The van der Waals surface area contributed by atoms with Gasteiger partial charge in [-0.3, -0.25) is 9.97 Å². The lowest BCUT2D eigenvalue weighted by Crippen LogP contribution is -2.23. The molecule has 1 aliphatic carbocycles. The Morgan fingerprint density at radius 3 is 2.70 bits per heavy atom. The molecule has 0 spiro atoms. The molecule has 2 heterocycles. The summed E-state index contributed by atoms with van der Waals surface area (Å²) in [6.07, 6.45) is 7.05. The molecule has 1 aromatic carbocycles. The lowest BCUT2D eigenvalue weighted by atomic mass is 10.1. The first kappa shape index (κ1) is 23.0. The van der Waals surface area contributed by atoms with E-state index in [2.05, 4.69) is 22.1 Å². The Morgan fingerprint density at radius 1 is 1.21 bits per heavy atom. The average Bonchev–Trinajstić information content (AvgIpc) is 3.29. The van der Waals surface area contributed by atoms with E-state index in [0.29, 0.717) is 17.0 Å². The number of anilines is 1. The third-order valence-corrected chi connectivity index (χ3v) is 6.35. The molecule has 0 radical (unpaired) electrons. The van der Waals surface area contributed by atoms with Crippen molar-refractivity contribution in [2.24, 2.45) is 0 Å². The summed E-state index contributed by atoms with van der Waals surface area (Å²) in [5.41, 5.74) is 4.44. The molecule has 3 aromatic rings. The summed E-state index contributed by atoms with van der Waals surface area (Å²) < 4.78 is 27.0. The van der Waals surface area contributed by atoms with E-state index >= 15 is 0 Å². The minimum Gasteiger partial charge on any atom is -0.485 e. The van der Waals surface area contributed by atoms with Crippen molar-refractivity contribution in [2.45, 2.75) is 43.9 Å². The summed E-state index contributed by atoms with van der Waals surface area (Å²) in [6.45, 7) is 1.99. The molecule has 172 valence electrons. The summed E-state index contributed by atoms with van der Waals surface area (Å²) >= 11 is 1.44. The number of ether oxygens (including phenoxy) is 2. The van der Waals surface area contributed by atoms with Gasteiger partial charge < -0.3 is 13.8 Å².